The van der Waals surface area contributed by atoms with Crippen LogP contribution >= 0.6 is 23.6 Å². The van der Waals surface area contributed by atoms with Crippen molar-refractivity contribution in [3.05, 3.63) is 25.6 Å². The van der Waals surface area contributed by atoms with Gasteiger partial charge in [0, 0.05) is 11.9 Å². The van der Waals surface area contributed by atoms with E-state index in [1.165, 1.54) is 15.9 Å². The van der Waals surface area contributed by atoms with Gasteiger partial charge < -0.3 is 10.1 Å². The number of aryl methyl sites for hydroxylation is 1. The van der Waals surface area contributed by atoms with Gasteiger partial charge >= 0.3 is 5.97 Å². The summed E-state index contributed by atoms with van der Waals surface area (Å²) in [6, 6.07) is 0. The molecule has 0 spiro atoms. The molecule has 0 amide bonds. The van der Waals surface area contributed by atoms with Crippen molar-refractivity contribution >= 4 is 39.7 Å². The van der Waals surface area contributed by atoms with Gasteiger partial charge in [-0.2, -0.15) is 0 Å². The lowest BCUT2D eigenvalue weighted by atomic mass is 10.0. The van der Waals surface area contributed by atoms with E-state index in [0.717, 1.165) is 11.3 Å². The van der Waals surface area contributed by atoms with Crippen molar-refractivity contribution in [1.82, 2.24) is 9.55 Å². The van der Waals surface area contributed by atoms with Crippen molar-refractivity contribution in [2.45, 2.75) is 18.8 Å². The van der Waals surface area contributed by atoms with E-state index in [4.69, 9.17) is 12.2 Å². The fraction of sp³-hybridized carbons (Fsp3) is 0.364. The lowest BCUT2D eigenvalue weighted by molar-refractivity contribution is -0.138. The Morgan fingerprint density at radius 3 is 3.00 bits per heavy atom. The van der Waals surface area contributed by atoms with Crippen molar-refractivity contribution in [3.63, 3.8) is 0 Å². The molecule has 2 aromatic rings. The topological polar surface area (TPSA) is 75.1 Å². The normalized spacial score (nSPS) is 18.2. The molecule has 7 heteroatoms. The number of hydrogen-bond donors (Lipinski definition) is 2. The molecule has 1 aliphatic carbocycles. The minimum absolute atomic E-state index is 0.209. The van der Waals surface area contributed by atoms with Crippen LogP contribution in [0.3, 0.4) is 0 Å². The van der Waals surface area contributed by atoms with E-state index in [9.17, 15) is 14.7 Å². The predicted octanol–water partition coefficient (Wildman–Crippen LogP) is 1.77. The summed E-state index contributed by atoms with van der Waals surface area (Å²) in [4.78, 5) is 28.1. The van der Waals surface area contributed by atoms with Crippen molar-refractivity contribution < 1.29 is 9.90 Å². The highest BCUT2D eigenvalue weighted by molar-refractivity contribution is 7.71. The lowest BCUT2D eigenvalue weighted by Crippen LogP contribution is -2.20. The number of hydrogen-bond acceptors (Lipinski definition) is 4. The quantitative estimate of drug-likeness (QED) is 0.782. The SMILES string of the molecule is Cn1c(=S)[nH]c2sc3c(c2c1=O)C(C(=O)O)CC3. The Balaban J connectivity index is 2.45. The van der Waals surface area contributed by atoms with Gasteiger partial charge in [-0.15, -0.1) is 11.3 Å². The van der Waals surface area contributed by atoms with Crippen LogP contribution in [-0.4, -0.2) is 20.6 Å². The molecular weight excluding hydrogens is 272 g/mol. The number of carboxylic acid groups (broad SMARTS) is 1. The number of carboxylic acids is 1. The molecule has 5 nitrogen and oxygen atoms in total. The first kappa shape index (κ1) is 11.6. The third-order valence-corrected chi connectivity index (χ3v) is 4.93. The Labute approximate surface area is 111 Å². The number of thiophene rings is 1. The molecule has 0 bridgehead atoms. The average molecular weight is 282 g/mol. The molecule has 18 heavy (non-hydrogen) atoms. The molecule has 0 saturated heterocycles. The number of carbonyl (C=O) groups is 1. The van der Waals surface area contributed by atoms with Crippen LogP contribution in [0.15, 0.2) is 4.79 Å². The van der Waals surface area contributed by atoms with Gasteiger partial charge in [0.25, 0.3) is 5.56 Å². The zero-order valence-corrected chi connectivity index (χ0v) is 11.2. The molecule has 0 aliphatic heterocycles. The third-order valence-electron chi connectivity index (χ3n) is 3.37. The van der Waals surface area contributed by atoms with Gasteiger partial charge in [0.2, 0.25) is 0 Å². The molecule has 2 heterocycles. The maximum atomic E-state index is 12.2. The van der Waals surface area contributed by atoms with Crippen LogP contribution in [0.5, 0.6) is 0 Å². The summed E-state index contributed by atoms with van der Waals surface area (Å²) in [5.74, 6) is -1.43. The fourth-order valence-electron chi connectivity index (χ4n) is 2.45. The van der Waals surface area contributed by atoms with E-state index in [1.54, 1.807) is 7.05 Å². The van der Waals surface area contributed by atoms with Crippen LogP contribution in [0, 0.1) is 4.77 Å². The van der Waals surface area contributed by atoms with Crippen LogP contribution in [0.25, 0.3) is 10.2 Å². The molecular formula is C11H10N2O3S2. The Morgan fingerprint density at radius 2 is 2.33 bits per heavy atom. The van der Waals surface area contributed by atoms with Gasteiger partial charge in [0.15, 0.2) is 4.77 Å². The first-order valence-corrected chi connectivity index (χ1v) is 6.70. The zero-order valence-electron chi connectivity index (χ0n) is 9.52. The number of H-pyrrole nitrogens is 1. The maximum Gasteiger partial charge on any atom is 0.311 e. The Morgan fingerprint density at radius 1 is 1.61 bits per heavy atom. The van der Waals surface area contributed by atoms with Crippen molar-refractivity contribution in [2.24, 2.45) is 7.05 Å². The molecule has 0 fully saturated rings. The summed E-state index contributed by atoms with van der Waals surface area (Å²) in [6.07, 6.45) is 1.29. The van der Waals surface area contributed by atoms with Gasteiger partial charge in [-0.05, 0) is 30.6 Å². The number of aliphatic carboxylic acids is 1. The number of nitrogens with one attached hydrogen (secondary N) is 1. The lowest BCUT2D eigenvalue weighted by Gasteiger charge is -2.05. The van der Waals surface area contributed by atoms with E-state index in [1.807, 2.05) is 0 Å². The molecule has 94 valence electrons. The standard InChI is InChI=1S/C11H10N2O3S2/c1-13-9(14)7-6-4(10(15)16)2-3-5(6)18-8(7)12-11(13)17/h4H,2-3H2,1H3,(H,12,17)(H,15,16). The molecule has 0 radical (unpaired) electrons. The van der Waals surface area contributed by atoms with E-state index < -0.39 is 11.9 Å². The van der Waals surface area contributed by atoms with Crippen LogP contribution in [0.1, 0.15) is 22.8 Å². The van der Waals surface area contributed by atoms with Crippen molar-refractivity contribution in [2.75, 3.05) is 0 Å². The van der Waals surface area contributed by atoms with Crippen LogP contribution in [0.4, 0.5) is 0 Å². The summed E-state index contributed by atoms with van der Waals surface area (Å²) < 4.78 is 1.71. The highest BCUT2D eigenvalue weighted by Crippen LogP contribution is 2.41. The number of fused-ring (bicyclic) bond motifs is 3. The second-order valence-corrected chi connectivity index (χ2v) is 5.86. The van der Waals surface area contributed by atoms with Gasteiger partial charge in [-0.25, -0.2) is 0 Å². The summed E-state index contributed by atoms with van der Waals surface area (Å²) >= 11 is 6.50. The minimum Gasteiger partial charge on any atom is -0.481 e. The predicted molar refractivity (Wildman–Crippen MR) is 70.9 cm³/mol. The summed E-state index contributed by atoms with van der Waals surface area (Å²) in [7, 11) is 1.59. The van der Waals surface area contributed by atoms with Crippen LogP contribution in [-0.2, 0) is 18.3 Å². The highest BCUT2D eigenvalue weighted by atomic mass is 32.1. The van der Waals surface area contributed by atoms with E-state index in [-0.39, 0.29) is 5.56 Å². The molecule has 0 saturated carbocycles. The minimum atomic E-state index is -0.863. The van der Waals surface area contributed by atoms with Crippen molar-refractivity contribution in [3.8, 4) is 0 Å². The molecule has 1 unspecified atom stereocenters. The molecule has 3 rings (SSSR count). The molecule has 2 N–H and O–H groups in total. The van der Waals surface area contributed by atoms with Gasteiger partial charge in [-0.3, -0.25) is 14.2 Å². The monoisotopic (exact) mass is 282 g/mol. The number of rotatable bonds is 1. The highest BCUT2D eigenvalue weighted by Gasteiger charge is 2.33. The van der Waals surface area contributed by atoms with E-state index >= 15 is 0 Å². The summed E-state index contributed by atoms with van der Waals surface area (Å²) in [6.45, 7) is 0. The Hall–Kier alpha value is -1.47. The second kappa shape index (κ2) is 3.76. The maximum absolute atomic E-state index is 12.2. The second-order valence-electron chi connectivity index (χ2n) is 4.37. The third kappa shape index (κ3) is 1.40. The number of aromatic amines is 1. The van der Waals surface area contributed by atoms with E-state index in [2.05, 4.69) is 4.98 Å². The zero-order chi connectivity index (χ0) is 13.0. The molecule has 1 atom stereocenters. The summed E-state index contributed by atoms with van der Waals surface area (Å²) in [5, 5.41) is 9.71. The van der Waals surface area contributed by atoms with Crippen LogP contribution in [0.2, 0.25) is 0 Å². The molecule has 0 aromatic carbocycles. The first-order chi connectivity index (χ1) is 8.50. The summed E-state index contributed by atoms with van der Waals surface area (Å²) in [5.41, 5.74) is 0.480. The van der Waals surface area contributed by atoms with Crippen molar-refractivity contribution in [1.29, 1.82) is 0 Å². The Bertz CT molecular complexity index is 784. The van der Waals surface area contributed by atoms with Gasteiger partial charge in [0.1, 0.15) is 4.83 Å². The van der Waals surface area contributed by atoms with Gasteiger partial charge in [-0.1, -0.05) is 0 Å². The molecule has 2 aromatic heterocycles. The smallest absolute Gasteiger partial charge is 0.311 e. The largest absolute Gasteiger partial charge is 0.481 e. The van der Waals surface area contributed by atoms with Crippen LogP contribution < -0.4 is 5.56 Å². The first-order valence-electron chi connectivity index (χ1n) is 5.48. The number of aromatic nitrogens is 2. The Kier molecular flexibility index (Phi) is 2.43. The average Bonchev–Trinajstić information content (AvgIpc) is 2.83. The van der Waals surface area contributed by atoms with E-state index in [0.29, 0.717) is 27.0 Å². The number of nitrogens with zero attached hydrogens (tertiary/aromatic N) is 1. The van der Waals surface area contributed by atoms with Gasteiger partial charge in [0.05, 0.1) is 11.3 Å². The molecule has 1 aliphatic rings. The fourth-order valence-corrected chi connectivity index (χ4v) is 3.97.